The molecular formula is C12H14IN3O4. The first kappa shape index (κ1) is 16.2. The van der Waals surface area contributed by atoms with Gasteiger partial charge in [-0.3, -0.25) is 10.1 Å². The Morgan fingerprint density at radius 2 is 2.00 bits per heavy atom. The van der Waals surface area contributed by atoms with Crippen molar-refractivity contribution in [3.05, 3.63) is 27.3 Å². The summed E-state index contributed by atoms with van der Waals surface area (Å²) in [5.41, 5.74) is 6.11. The molecule has 1 atom stereocenters. The van der Waals surface area contributed by atoms with Gasteiger partial charge in [-0.15, -0.1) is 0 Å². The van der Waals surface area contributed by atoms with E-state index in [4.69, 9.17) is 10.5 Å². The molecule has 1 aromatic rings. The monoisotopic (exact) mass is 391 g/mol. The van der Waals surface area contributed by atoms with Crippen LogP contribution < -0.4 is 16.4 Å². The van der Waals surface area contributed by atoms with Crippen LogP contribution in [0, 0.1) is 3.57 Å². The maximum atomic E-state index is 11.9. The molecular weight excluding hydrogens is 377 g/mol. The van der Waals surface area contributed by atoms with Crippen molar-refractivity contribution in [1.82, 2.24) is 10.6 Å². The average Bonchev–Trinajstić information content (AvgIpc) is 2.40. The van der Waals surface area contributed by atoms with Crippen molar-refractivity contribution >= 4 is 46.2 Å². The summed E-state index contributed by atoms with van der Waals surface area (Å²) in [4.78, 5) is 34.4. The summed E-state index contributed by atoms with van der Waals surface area (Å²) in [6, 6.07) is 4.20. The molecule has 0 spiro atoms. The molecule has 0 bridgehead atoms. The molecule has 0 unspecified atom stereocenters. The predicted molar refractivity (Wildman–Crippen MR) is 81.0 cm³/mol. The summed E-state index contributed by atoms with van der Waals surface area (Å²) in [5, 5.41) is 4.23. The van der Waals surface area contributed by atoms with Gasteiger partial charge in [0.2, 0.25) is 0 Å². The number of benzene rings is 1. The lowest BCUT2D eigenvalue weighted by Gasteiger charge is -2.13. The highest BCUT2D eigenvalue weighted by molar-refractivity contribution is 14.1. The molecule has 7 nitrogen and oxygen atoms in total. The second-order valence-electron chi connectivity index (χ2n) is 3.85. The first-order valence-electron chi connectivity index (χ1n) is 5.63. The Balaban J connectivity index is 2.72. The molecule has 8 heteroatoms. The molecule has 0 radical (unpaired) electrons. The Kier molecular flexibility index (Phi) is 5.74. The quantitative estimate of drug-likeness (QED) is 0.403. The molecule has 0 fully saturated rings. The van der Waals surface area contributed by atoms with Crippen LogP contribution in [0.3, 0.4) is 0 Å². The zero-order valence-corrected chi connectivity index (χ0v) is 13.1. The third-order valence-electron chi connectivity index (χ3n) is 2.35. The predicted octanol–water partition coefficient (Wildman–Crippen LogP) is 0.874. The summed E-state index contributed by atoms with van der Waals surface area (Å²) >= 11 is 2.03. The third kappa shape index (κ3) is 4.37. The van der Waals surface area contributed by atoms with E-state index in [2.05, 4.69) is 5.32 Å². The number of urea groups is 1. The van der Waals surface area contributed by atoms with Crippen LogP contribution >= 0.6 is 22.6 Å². The number of nitrogen functional groups attached to an aromatic ring is 1. The second kappa shape index (κ2) is 7.08. The number of nitrogens with two attached hydrogens (primary N) is 1. The topological polar surface area (TPSA) is 111 Å². The number of anilines is 1. The lowest BCUT2D eigenvalue weighted by Crippen LogP contribution is -2.43. The Bertz CT molecular complexity index is 548. The van der Waals surface area contributed by atoms with E-state index in [1.807, 2.05) is 27.9 Å². The Hall–Kier alpha value is -1.84. The van der Waals surface area contributed by atoms with Crippen LogP contribution in [0.15, 0.2) is 18.2 Å². The minimum Gasteiger partial charge on any atom is -0.449 e. The van der Waals surface area contributed by atoms with E-state index < -0.39 is 24.0 Å². The fraction of sp³-hybridized carbons (Fsp3) is 0.250. The molecule has 3 amide bonds. The molecule has 0 saturated heterocycles. The number of ether oxygens (including phenoxy) is 1. The van der Waals surface area contributed by atoms with Crippen molar-refractivity contribution in [2.24, 2.45) is 0 Å². The maximum absolute atomic E-state index is 11.9. The van der Waals surface area contributed by atoms with Gasteiger partial charge in [-0.1, -0.05) is 0 Å². The number of nitrogens with one attached hydrogen (secondary N) is 2. The molecule has 108 valence electrons. The van der Waals surface area contributed by atoms with Gasteiger partial charge in [0.25, 0.3) is 5.91 Å². The summed E-state index contributed by atoms with van der Waals surface area (Å²) in [7, 11) is 1.37. The molecule has 4 N–H and O–H groups in total. The van der Waals surface area contributed by atoms with Gasteiger partial charge in [0.1, 0.15) is 0 Å². The number of hydrogen-bond acceptors (Lipinski definition) is 5. The van der Waals surface area contributed by atoms with Crippen molar-refractivity contribution < 1.29 is 19.1 Å². The van der Waals surface area contributed by atoms with E-state index in [1.54, 1.807) is 18.2 Å². The van der Waals surface area contributed by atoms with Crippen molar-refractivity contribution in [2.45, 2.75) is 13.0 Å². The number of halogens is 1. The second-order valence-corrected chi connectivity index (χ2v) is 5.09. The summed E-state index contributed by atoms with van der Waals surface area (Å²) < 4.78 is 5.78. The minimum atomic E-state index is -1.11. The van der Waals surface area contributed by atoms with Crippen LogP contribution in [-0.4, -0.2) is 31.1 Å². The van der Waals surface area contributed by atoms with Gasteiger partial charge in [0.05, 0.1) is 5.56 Å². The number of rotatable bonds is 3. The van der Waals surface area contributed by atoms with Crippen LogP contribution in [0.25, 0.3) is 0 Å². The van der Waals surface area contributed by atoms with Crippen LogP contribution in [0.1, 0.15) is 17.3 Å². The van der Waals surface area contributed by atoms with Crippen LogP contribution in [-0.2, 0) is 9.53 Å². The maximum Gasteiger partial charge on any atom is 0.341 e. The Morgan fingerprint density at radius 1 is 1.35 bits per heavy atom. The molecule has 0 saturated carbocycles. The van der Waals surface area contributed by atoms with Gasteiger partial charge < -0.3 is 15.8 Å². The van der Waals surface area contributed by atoms with Gasteiger partial charge in [-0.25, -0.2) is 9.59 Å². The van der Waals surface area contributed by atoms with Gasteiger partial charge in [-0.05, 0) is 47.7 Å². The third-order valence-corrected chi connectivity index (χ3v) is 3.02. The van der Waals surface area contributed by atoms with Gasteiger partial charge >= 0.3 is 12.0 Å². The number of carbonyl (C=O) groups excluding carboxylic acids is 3. The minimum absolute atomic E-state index is 0.177. The molecule has 1 aromatic carbocycles. The van der Waals surface area contributed by atoms with E-state index in [1.165, 1.54) is 14.0 Å². The number of imide groups is 1. The lowest BCUT2D eigenvalue weighted by atomic mass is 10.2. The zero-order valence-electron chi connectivity index (χ0n) is 10.9. The average molecular weight is 391 g/mol. The fourth-order valence-electron chi connectivity index (χ4n) is 1.26. The highest BCUT2D eigenvalue weighted by atomic mass is 127. The normalized spacial score (nSPS) is 11.3. The Morgan fingerprint density at radius 3 is 2.60 bits per heavy atom. The van der Waals surface area contributed by atoms with E-state index in [0.29, 0.717) is 0 Å². The highest BCUT2D eigenvalue weighted by Gasteiger charge is 2.21. The Labute approximate surface area is 129 Å². The SMILES string of the molecule is CNC(=O)NC(=O)[C@H](C)OC(=O)c1cc(I)ccc1N. The molecule has 0 heterocycles. The molecule has 1 rings (SSSR count). The zero-order chi connectivity index (χ0) is 15.3. The molecule has 0 aliphatic heterocycles. The van der Waals surface area contributed by atoms with Gasteiger partial charge in [0, 0.05) is 16.3 Å². The van der Waals surface area contributed by atoms with E-state index in [0.717, 1.165) is 3.57 Å². The van der Waals surface area contributed by atoms with Crippen LogP contribution in [0.5, 0.6) is 0 Å². The molecule has 0 aromatic heterocycles. The van der Waals surface area contributed by atoms with Crippen molar-refractivity contribution in [1.29, 1.82) is 0 Å². The summed E-state index contributed by atoms with van der Waals surface area (Å²) in [6.07, 6.45) is -1.11. The summed E-state index contributed by atoms with van der Waals surface area (Å²) in [6.45, 7) is 1.36. The van der Waals surface area contributed by atoms with Crippen molar-refractivity contribution in [2.75, 3.05) is 12.8 Å². The standard InChI is InChI=1S/C12H14IN3O4/c1-6(10(17)16-12(19)15-2)20-11(18)8-5-7(13)3-4-9(8)14/h3-6H,14H2,1-2H3,(H2,15,16,17,19)/t6-/m0/s1. The van der Waals surface area contributed by atoms with Gasteiger partial charge in [-0.2, -0.15) is 0 Å². The largest absolute Gasteiger partial charge is 0.449 e. The molecule has 0 aliphatic carbocycles. The first-order chi connectivity index (χ1) is 9.35. The number of amides is 3. The van der Waals surface area contributed by atoms with Crippen LogP contribution in [0.2, 0.25) is 0 Å². The van der Waals surface area contributed by atoms with Crippen molar-refractivity contribution in [3.63, 3.8) is 0 Å². The van der Waals surface area contributed by atoms with E-state index >= 15 is 0 Å². The highest BCUT2D eigenvalue weighted by Crippen LogP contribution is 2.17. The number of carbonyl (C=O) groups is 3. The van der Waals surface area contributed by atoms with Crippen molar-refractivity contribution in [3.8, 4) is 0 Å². The lowest BCUT2D eigenvalue weighted by molar-refractivity contribution is -0.127. The van der Waals surface area contributed by atoms with E-state index in [-0.39, 0.29) is 11.3 Å². The molecule has 20 heavy (non-hydrogen) atoms. The van der Waals surface area contributed by atoms with E-state index in [9.17, 15) is 14.4 Å². The van der Waals surface area contributed by atoms with Crippen LogP contribution in [0.4, 0.5) is 10.5 Å². The number of esters is 1. The molecule has 0 aliphatic rings. The summed E-state index contributed by atoms with van der Waals surface area (Å²) in [5.74, 6) is -1.44. The first-order valence-corrected chi connectivity index (χ1v) is 6.71. The van der Waals surface area contributed by atoms with Gasteiger partial charge in [0.15, 0.2) is 6.10 Å². The smallest absolute Gasteiger partial charge is 0.341 e. The number of hydrogen-bond donors (Lipinski definition) is 3. The fourth-order valence-corrected chi connectivity index (χ4v) is 1.75.